The number of carbonyl (C=O) groups excluding carboxylic acids is 1. The van der Waals surface area contributed by atoms with E-state index in [0.29, 0.717) is 17.1 Å². The molecule has 1 N–H and O–H groups in total. The maximum Gasteiger partial charge on any atom is 0.507 e. The van der Waals surface area contributed by atoms with Gasteiger partial charge in [-0.1, -0.05) is 5.21 Å². The molecule has 122 valence electrons. The summed E-state index contributed by atoms with van der Waals surface area (Å²) < 4.78 is 15.9. The van der Waals surface area contributed by atoms with Gasteiger partial charge in [-0.3, -0.25) is 4.79 Å². The molecule has 2 aromatic rings. The Balaban J connectivity index is 2.35. The first kappa shape index (κ1) is 16.3. The maximum atomic E-state index is 12.6. The average molecular weight is 321 g/mol. The van der Waals surface area contributed by atoms with Gasteiger partial charge in [-0.25, -0.2) is 9.48 Å². The predicted molar refractivity (Wildman–Crippen MR) is 76.8 cm³/mol. The maximum absolute atomic E-state index is 12.6. The monoisotopic (exact) mass is 321 g/mol. The summed E-state index contributed by atoms with van der Waals surface area (Å²) in [5.41, 5.74) is 0.402. The second kappa shape index (κ2) is 6.77. The first-order valence-electron chi connectivity index (χ1n) is 6.54. The van der Waals surface area contributed by atoms with Crippen LogP contribution < -0.4 is 9.47 Å². The third-order valence-corrected chi connectivity index (χ3v) is 3.07. The highest BCUT2D eigenvalue weighted by atomic mass is 16.7. The summed E-state index contributed by atoms with van der Waals surface area (Å²) in [6.45, 7) is 1.44. The molecule has 0 amide bonds. The summed E-state index contributed by atoms with van der Waals surface area (Å²) >= 11 is 0. The van der Waals surface area contributed by atoms with Crippen LogP contribution in [0.25, 0.3) is 0 Å². The molecule has 0 fully saturated rings. The Morgan fingerprint density at radius 2 is 1.91 bits per heavy atom. The second-order valence-electron chi connectivity index (χ2n) is 4.45. The van der Waals surface area contributed by atoms with Crippen LogP contribution in [-0.4, -0.2) is 46.3 Å². The van der Waals surface area contributed by atoms with E-state index in [-0.39, 0.29) is 5.69 Å². The lowest BCUT2D eigenvalue weighted by Gasteiger charge is -2.13. The Bertz CT molecular complexity index is 727. The summed E-state index contributed by atoms with van der Waals surface area (Å²) in [5.74, 6) is 0.474. The van der Waals surface area contributed by atoms with Gasteiger partial charge in [0, 0.05) is 5.56 Å². The molecule has 0 bridgehead atoms. The van der Waals surface area contributed by atoms with E-state index in [0.717, 1.165) is 4.68 Å². The van der Waals surface area contributed by atoms with Gasteiger partial charge < -0.3 is 19.3 Å². The number of hydrogen-bond donors (Lipinski definition) is 1. The first-order valence-corrected chi connectivity index (χ1v) is 6.54. The van der Waals surface area contributed by atoms with Crippen LogP contribution in [0.3, 0.4) is 0 Å². The summed E-state index contributed by atoms with van der Waals surface area (Å²) in [5, 5.41) is 16.0. The Hall–Kier alpha value is -3.10. The van der Waals surface area contributed by atoms with Gasteiger partial charge in [0.25, 0.3) is 0 Å². The van der Waals surface area contributed by atoms with E-state index < -0.39 is 18.2 Å². The third kappa shape index (κ3) is 3.39. The van der Waals surface area contributed by atoms with Crippen molar-refractivity contribution < 1.29 is 28.9 Å². The molecule has 1 unspecified atom stereocenters. The topological polar surface area (TPSA) is 113 Å². The number of methoxy groups -OCH3 is 2. The van der Waals surface area contributed by atoms with Crippen LogP contribution in [0.5, 0.6) is 11.5 Å². The summed E-state index contributed by atoms with van der Waals surface area (Å²) in [6, 6.07) is 4.67. The van der Waals surface area contributed by atoms with Crippen molar-refractivity contribution in [2.24, 2.45) is 0 Å². The van der Waals surface area contributed by atoms with Crippen molar-refractivity contribution in [3.8, 4) is 11.5 Å². The average Bonchev–Trinajstić information content (AvgIpc) is 3.02. The Labute approximate surface area is 131 Å². The fraction of sp³-hybridized carbons (Fsp3) is 0.286. The van der Waals surface area contributed by atoms with Crippen molar-refractivity contribution in [2.75, 3.05) is 14.2 Å². The zero-order valence-electron chi connectivity index (χ0n) is 12.7. The number of ketones is 1. The van der Waals surface area contributed by atoms with E-state index >= 15 is 0 Å². The molecular formula is C14H15N3O6. The van der Waals surface area contributed by atoms with Crippen molar-refractivity contribution in [2.45, 2.75) is 13.2 Å². The number of benzene rings is 1. The number of aromatic nitrogens is 3. The van der Waals surface area contributed by atoms with E-state index in [1.165, 1.54) is 33.4 Å². The van der Waals surface area contributed by atoms with Gasteiger partial charge in [-0.2, -0.15) is 0 Å². The highest BCUT2D eigenvalue weighted by Gasteiger charge is 2.22. The molecule has 1 atom stereocenters. The minimum absolute atomic E-state index is 0.0889. The van der Waals surface area contributed by atoms with Gasteiger partial charge in [0.15, 0.2) is 17.7 Å². The largest absolute Gasteiger partial charge is 0.507 e. The summed E-state index contributed by atoms with van der Waals surface area (Å²) in [7, 11) is 2.95. The molecule has 2 rings (SSSR count). The molecule has 0 aliphatic heterocycles. The molecule has 0 radical (unpaired) electrons. The van der Waals surface area contributed by atoms with Crippen LogP contribution in [-0.2, 0) is 4.74 Å². The molecule has 0 spiro atoms. The number of rotatable bonds is 6. The van der Waals surface area contributed by atoms with Gasteiger partial charge in [0.2, 0.25) is 5.78 Å². The number of ether oxygens (including phenoxy) is 3. The molecule has 0 saturated carbocycles. The van der Waals surface area contributed by atoms with E-state index in [9.17, 15) is 9.59 Å². The molecule has 0 aliphatic carbocycles. The normalized spacial score (nSPS) is 11.6. The quantitative estimate of drug-likeness (QED) is 0.632. The van der Waals surface area contributed by atoms with Crippen molar-refractivity contribution in [1.82, 2.24) is 15.0 Å². The van der Waals surface area contributed by atoms with Crippen molar-refractivity contribution in [3.05, 3.63) is 35.7 Å². The summed E-state index contributed by atoms with van der Waals surface area (Å²) in [4.78, 5) is 23.2. The van der Waals surface area contributed by atoms with Crippen molar-refractivity contribution in [3.63, 3.8) is 0 Å². The van der Waals surface area contributed by atoms with Crippen LogP contribution in [0.2, 0.25) is 0 Å². The number of carboxylic acid groups (broad SMARTS) is 1. The molecule has 1 aromatic heterocycles. The van der Waals surface area contributed by atoms with Crippen LogP contribution in [0, 0.1) is 0 Å². The zero-order chi connectivity index (χ0) is 17.0. The van der Waals surface area contributed by atoms with Gasteiger partial charge in [0.05, 0.1) is 20.4 Å². The predicted octanol–water partition coefficient (Wildman–Crippen LogP) is 1.74. The van der Waals surface area contributed by atoms with Gasteiger partial charge in [-0.15, -0.1) is 5.10 Å². The van der Waals surface area contributed by atoms with Gasteiger partial charge in [0.1, 0.15) is 5.69 Å². The van der Waals surface area contributed by atoms with E-state index in [1.807, 2.05) is 0 Å². The Morgan fingerprint density at radius 3 is 2.52 bits per heavy atom. The standard InChI is InChI=1S/C14H15N3O6/c1-8(23-14(19)20)17-10(7-15-16-17)13(18)9-4-5-11(21-2)12(6-9)22-3/h4-8H,1-3H3,(H,19,20). The lowest BCUT2D eigenvalue weighted by atomic mass is 10.1. The van der Waals surface area contributed by atoms with Crippen molar-refractivity contribution >= 4 is 11.9 Å². The van der Waals surface area contributed by atoms with E-state index in [1.54, 1.807) is 12.1 Å². The van der Waals surface area contributed by atoms with E-state index in [4.69, 9.17) is 14.6 Å². The fourth-order valence-corrected chi connectivity index (χ4v) is 2.00. The highest BCUT2D eigenvalue weighted by molar-refractivity contribution is 6.08. The number of nitrogens with zero attached hydrogens (tertiary/aromatic N) is 3. The highest BCUT2D eigenvalue weighted by Crippen LogP contribution is 2.28. The molecule has 0 saturated heterocycles. The Kier molecular flexibility index (Phi) is 4.79. The molecule has 9 nitrogen and oxygen atoms in total. The van der Waals surface area contributed by atoms with Crippen LogP contribution >= 0.6 is 0 Å². The zero-order valence-corrected chi connectivity index (χ0v) is 12.7. The second-order valence-corrected chi connectivity index (χ2v) is 4.45. The minimum Gasteiger partial charge on any atom is -0.493 e. The van der Waals surface area contributed by atoms with Crippen LogP contribution in [0.1, 0.15) is 29.2 Å². The molecule has 1 aromatic carbocycles. The molecular weight excluding hydrogens is 306 g/mol. The molecule has 23 heavy (non-hydrogen) atoms. The fourth-order valence-electron chi connectivity index (χ4n) is 2.00. The van der Waals surface area contributed by atoms with Crippen LogP contribution in [0.4, 0.5) is 4.79 Å². The smallest absolute Gasteiger partial charge is 0.493 e. The third-order valence-electron chi connectivity index (χ3n) is 3.07. The lowest BCUT2D eigenvalue weighted by molar-refractivity contribution is 0.0197. The summed E-state index contributed by atoms with van der Waals surface area (Å²) in [6.07, 6.45) is -1.23. The minimum atomic E-state index is -1.47. The number of hydrogen-bond acceptors (Lipinski definition) is 7. The lowest BCUT2D eigenvalue weighted by Crippen LogP contribution is -2.19. The first-order chi connectivity index (χ1) is 11.0. The molecule has 1 heterocycles. The van der Waals surface area contributed by atoms with Crippen molar-refractivity contribution in [1.29, 1.82) is 0 Å². The van der Waals surface area contributed by atoms with Gasteiger partial charge >= 0.3 is 6.16 Å². The Morgan fingerprint density at radius 1 is 1.22 bits per heavy atom. The number of carbonyl (C=O) groups is 2. The van der Waals surface area contributed by atoms with E-state index in [2.05, 4.69) is 15.0 Å². The SMILES string of the molecule is COc1ccc(C(=O)c2cnnn2C(C)OC(=O)O)cc1OC. The molecule has 0 aliphatic rings. The van der Waals surface area contributed by atoms with Crippen LogP contribution in [0.15, 0.2) is 24.4 Å². The van der Waals surface area contributed by atoms with Gasteiger partial charge in [-0.05, 0) is 25.1 Å². The molecule has 9 heteroatoms.